The maximum Gasteiger partial charge on any atom is 0.221 e. The quantitative estimate of drug-likeness (QED) is 0.0842. The van der Waals surface area contributed by atoms with Crippen LogP contribution in [0.3, 0.4) is 0 Å². The molecule has 0 radical (unpaired) electrons. The number of amides is 3. The van der Waals surface area contributed by atoms with Gasteiger partial charge in [-0.25, -0.2) is 0 Å². The molecule has 0 fully saturated rings. The first-order chi connectivity index (χ1) is 15.7. The fourth-order valence-corrected chi connectivity index (χ4v) is 2.75. The molecule has 0 saturated carbocycles. The van der Waals surface area contributed by atoms with Crippen molar-refractivity contribution in [3.8, 4) is 0 Å². The van der Waals surface area contributed by atoms with E-state index in [1.54, 1.807) is 0 Å². The zero-order valence-electron chi connectivity index (χ0n) is 19.8. The second-order valence-electron chi connectivity index (χ2n) is 8.05. The van der Waals surface area contributed by atoms with Crippen LogP contribution in [0.2, 0.25) is 0 Å². The summed E-state index contributed by atoms with van der Waals surface area (Å²) in [6, 6.07) is 0. The number of nitrogens with zero attached hydrogens (tertiary/aromatic N) is 1. The van der Waals surface area contributed by atoms with Gasteiger partial charge in [-0.05, 0) is 25.8 Å². The SMILES string of the molecule is CCC(O)CNC(=O)CCN(CCCCC(=O)NCC(O)CN)CCC(=O)NCC(O)CN. The van der Waals surface area contributed by atoms with E-state index in [-0.39, 0.29) is 63.3 Å². The first-order valence-electron chi connectivity index (χ1n) is 11.7. The summed E-state index contributed by atoms with van der Waals surface area (Å²) in [5.74, 6) is -0.567. The fourth-order valence-electron chi connectivity index (χ4n) is 2.75. The van der Waals surface area contributed by atoms with Crippen molar-refractivity contribution >= 4 is 17.7 Å². The molecule has 194 valence electrons. The minimum absolute atomic E-state index is 0.0625. The van der Waals surface area contributed by atoms with Gasteiger partial charge in [-0.3, -0.25) is 14.4 Å². The highest BCUT2D eigenvalue weighted by Crippen LogP contribution is 2.03. The number of nitrogens with one attached hydrogen (secondary N) is 3. The minimum Gasteiger partial charge on any atom is -0.391 e. The average Bonchev–Trinajstić information content (AvgIpc) is 2.82. The number of carbonyl (C=O) groups excluding carboxylic acids is 3. The van der Waals surface area contributed by atoms with Crippen LogP contribution < -0.4 is 27.4 Å². The molecule has 12 nitrogen and oxygen atoms in total. The molecule has 0 aromatic carbocycles. The molecule has 10 N–H and O–H groups in total. The van der Waals surface area contributed by atoms with E-state index < -0.39 is 18.3 Å². The van der Waals surface area contributed by atoms with Crippen LogP contribution >= 0.6 is 0 Å². The third-order valence-electron chi connectivity index (χ3n) is 5.06. The molecule has 0 heterocycles. The molecule has 0 aromatic heterocycles. The molecular weight excluding hydrogens is 432 g/mol. The van der Waals surface area contributed by atoms with Crippen LogP contribution in [-0.2, 0) is 14.4 Å². The topological polar surface area (TPSA) is 203 Å². The van der Waals surface area contributed by atoms with Crippen molar-refractivity contribution in [1.82, 2.24) is 20.9 Å². The Hall–Kier alpha value is -1.83. The molecule has 3 amide bonds. The van der Waals surface area contributed by atoms with Crippen LogP contribution in [0.5, 0.6) is 0 Å². The molecular formula is C21H44N6O6. The molecule has 0 bridgehead atoms. The van der Waals surface area contributed by atoms with Gasteiger partial charge in [-0.2, -0.15) is 0 Å². The van der Waals surface area contributed by atoms with Crippen LogP contribution in [0, 0.1) is 0 Å². The van der Waals surface area contributed by atoms with E-state index in [2.05, 4.69) is 16.0 Å². The van der Waals surface area contributed by atoms with Crippen LogP contribution in [-0.4, -0.2) is 109 Å². The molecule has 0 spiro atoms. The number of nitrogens with two attached hydrogens (primary N) is 2. The lowest BCUT2D eigenvalue weighted by molar-refractivity contribution is -0.122. The lowest BCUT2D eigenvalue weighted by atomic mass is 10.2. The molecule has 0 aliphatic rings. The second-order valence-corrected chi connectivity index (χ2v) is 8.05. The molecule has 3 atom stereocenters. The fraction of sp³-hybridized carbons (Fsp3) is 0.857. The van der Waals surface area contributed by atoms with Crippen molar-refractivity contribution in [2.24, 2.45) is 11.5 Å². The van der Waals surface area contributed by atoms with Gasteiger partial charge in [0.25, 0.3) is 0 Å². The van der Waals surface area contributed by atoms with E-state index >= 15 is 0 Å². The Kier molecular flexibility index (Phi) is 18.5. The standard InChI is InChI=1S/C21H44N6O6/c1-2-16(28)13-24-20(32)6-9-27(10-7-21(33)26-15-18(30)12-23)8-4-3-5-19(31)25-14-17(29)11-22/h16-18,28-30H,2-15,22-23H2,1H3,(H,24,32)(H,25,31)(H,26,33). The highest BCUT2D eigenvalue weighted by molar-refractivity contribution is 5.77. The van der Waals surface area contributed by atoms with Gasteiger partial charge in [-0.1, -0.05) is 6.92 Å². The third kappa shape index (κ3) is 18.3. The summed E-state index contributed by atoms with van der Waals surface area (Å²) in [5.41, 5.74) is 10.6. The number of unbranched alkanes of at least 4 members (excludes halogenated alkanes) is 1. The molecule has 33 heavy (non-hydrogen) atoms. The van der Waals surface area contributed by atoms with Gasteiger partial charge in [-0.15, -0.1) is 0 Å². The monoisotopic (exact) mass is 476 g/mol. The molecule has 0 saturated heterocycles. The Labute approximate surface area is 196 Å². The van der Waals surface area contributed by atoms with Crippen LogP contribution in [0.4, 0.5) is 0 Å². The molecule has 0 rings (SSSR count). The van der Waals surface area contributed by atoms with Gasteiger partial charge >= 0.3 is 0 Å². The van der Waals surface area contributed by atoms with Crippen molar-refractivity contribution in [1.29, 1.82) is 0 Å². The lowest BCUT2D eigenvalue weighted by Crippen LogP contribution is -2.39. The van der Waals surface area contributed by atoms with Crippen molar-refractivity contribution in [3.63, 3.8) is 0 Å². The van der Waals surface area contributed by atoms with Crippen molar-refractivity contribution in [2.75, 3.05) is 52.4 Å². The first-order valence-corrected chi connectivity index (χ1v) is 11.7. The Bertz CT molecular complexity index is 523. The Balaban J connectivity index is 4.44. The van der Waals surface area contributed by atoms with Crippen molar-refractivity contribution in [3.05, 3.63) is 0 Å². The van der Waals surface area contributed by atoms with E-state index in [0.29, 0.717) is 45.3 Å². The summed E-state index contributed by atoms with van der Waals surface area (Å²) >= 11 is 0. The summed E-state index contributed by atoms with van der Waals surface area (Å²) in [5, 5.41) is 36.3. The summed E-state index contributed by atoms with van der Waals surface area (Å²) in [6.45, 7) is 3.84. The van der Waals surface area contributed by atoms with E-state index in [4.69, 9.17) is 11.5 Å². The smallest absolute Gasteiger partial charge is 0.221 e. The molecule has 0 aliphatic heterocycles. The highest BCUT2D eigenvalue weighted by atomic mass is 16.3. The van der Waals surface area contributed by atoms with Gasteiger partial charge in [0, 0.05) is 65.1 Å². The highest BCUT2D eigenvalue weighted by Gasteiger charge is 2.13. The predicted molar refractivity (Wildman–Crippen MR) is 125 cm³/mol. The minimum atomic E-state index is -0.788. The zero-order chi connectivity index (χ0) is 25.1. The van der Waals surface area contributed by atoms with Crippen LogP contribution in [0.15, 0.2) is 0 Å². The Morgan fingerprint density at radius 3 is 1.55 bits per heavy atom. The van der Waals surface area contributed by atoms with E-state index in [1.165, 1.54) is 0 Å². The number of aliphatic hydroxyl groups excluding tert-OH is 3. The number of hydrogen-bond donors (Lipinski definition) is 8. The van der Waals surface area contributed by atoms with Gasteiger partial charge in [0.2, 0.25) is 17.7 Å². The average molecular weight is 477 g/mol. The van der Waals surface area contributed by atoms with Crippen molar-refractivity contribution in [2.45, 2.75) is 63.8 Å². The summed E-state index contributed by atoms with van der Waals surface area (Å²) in [6.07, 6.45) is 0.468. The first kappa shape index (κ1) is 31.2. The largest absolute Gasteiger partial charge is 0.391 e. The van der Waals surface area contributed by atoms with E-state index in [9.17, 15) is 29.7 Å². The van der Waals surface area contributed by atoms with Crippen molar-refractivity contribution < 1.29 is 29.7 Å². The lowest BCUT2D eigenvalue weighted by Gasteiger charge is -2.22. The van der Waals surface area contributed by atoms with E-state index in [0.717, 1.165) is 0 Å². The van der Waals surface area contributed by atoms with Gasteiger partial charge in [0.15, 0.2) is 0 Å². The summed E-state index contributed by atoms with van der Waals surface area (Å²) in [7, 11) is 0. The number of hydrogen-bond acceptors (Lipinski definition) is 9. The third-order valence-corrected chi connectivity index (χ3v) is 5.06. The zero-order valence-corrected chi connectivity index (χ0v) is 19.8. The number of carbonyl (C=O) groups is 3. The Morgan fingerprint density at radius 1 is 0.697 bits per heavy atom. The van der Waals surface area contributed by atoms with Crippen LogP contribution in [0.1, 0.15) is 45.4 Å². The molecule has 0 aromatic rings. The number of rotatable bonds is 20. The maximum atomic E-state index is 12.0. The summed E-state index contributed by atoms with van der Waals surface area (Å²) in [4.78, 5) is 37.8. The Morgan fingerprint density at radius 2 is 1.12 bits per heavy atom. The van der Waals surface area contributed by atoms with Crippen LogP contribution in [0.25, 0.3) is 0 Å². The van der Waals surface area contributed by atoms with Gasteiger partial charge < -0.3 is 47.6 Å². The second kappa shape index (κ2) is 19.6. The summed E-state index contributed by atoms with van der Waals surface area (Å²) < 4.78 is 0. The number of aliphatic hydroxyl groups is 3. The van der Waals surface area contributed by atoms with E-state index in [1.807, 2.05) is 11.8 Å². The molecule has 3 unspecified atom stereocenters. The van der Waals surface area contributed by atoms with Gasteiger partial charge in [0.05, 0.1) is 18.3 Å². The normalized spacial score (nSPS) is 13.9. The maximum absolute atomic E-state index is 12.0. The predicted octanol–water partition coefficient (Wildman–Crippen LogP) is -3.00. The molecule has 0 aliphatic carbocycles. The molecule has 12 heteroatoms. The van der Waals surface area contributed by atoms with Gasteiger partial charge in [0.1, 0.15) is 0 Å².